The van der Waals surface area contributed by atoms with Crippen molar-refractivity contribution >= 4 is 6.08 Å². The highest BCUT2D eigenvalue weighted by molar-refractivity contribution is 5.42. The van der Waals surface area contributed by atoms with Crippen molar-refractivity contribution < 1.29 is 0 Å². The van der Waals surface area contributed by atoms with Crippen molar-refractivity contribution in [2.45, 2.75) is 33.2 Å². The zero-order valence-corrected chi connectivity index (χ0v) is 9.61. The topological polar surface area (TPSA) is 42.7 Å². The molecule has 0 unspecified atom stereocenters. The van der Waals surface area contributed by atoms with Crippen LogP contribution in [0.3, 0.4) is 0 Å². The maximum Gasteiger partial charge on any atom is 0.0810 e. The van der Waals surface area contributed by atoms with Crippen LogP contribution in [0.2, 0.25) is 0 Å². The Labute approximate surface area is 91.4 Å². The van der Waals surface area contributed by atoms with E-state index in [2.05, 4.69) is 41.6 Å². The van der Waals surface area contributed by atoms with Gasteiger partial charge in [-0.25, -0.2) is 4.68 Å². The molecule has 1 N–H and O–H groups in total. The Bertz CT molecular complexity index is 291. The fourth-order valence-electron chi connectivity index (χ4n) is 1.35. The minimum absolute atomic E-state index is 0.937. The molecule has 0 fully saturated rings. The largest absolute Gasteiger partial charge is 0.317 e. The molecule has 1 aromatic rings. The average molecular weight is 208 g/mol. The molecule has 4 nitrogen and oxygen atoms in total. The molecule has 84 valence electrons. The van der Waals surface area contributed by atoms with Gasteiger partial charge in [-0.3, -0.25) is 0 Å². The van der Waals surface area contributed by atoms with Gasteiger partial charge in [0.1, 0.15) is 0 Å². The molecule has 1 heterocycles. The highest BCUT2D eigenvalue weighted by Crippen LogP contribution is 2.01. The van der Waals surface area contributed by atoms with Gasteiger partial charge < -0.3 is 5.32 Å². The van der Waals surface area contributed by atoms with Gasteiger partial charge >= 0.3 is 0 Å². The number of rotatable bonds is 7. The van der Waals surface area contributed by atoms with E-state index in [4.69, 9.17) is 0 Å². The predicted molar refractivity (Wildman–Crippen MR) is 62.5 cm³/mol. The normalized spacial score (nSPS) is 11.3. The van der Waals surface area contributed by atoms with Crippen molar-refractivity contribution in [1.82, 2.24) is 20.3 Å². The zero-order chi connectivity index (χ0) is 10.9. The average Bonchev–Trinajstić information content (AvgIpc) is 2.66. The van der Waals surface area contributed by atoms with E-state index in [-0.39, 0.29) is 0 Å². The third-order valence-corrected chi connectivity index (χ3v) is 2.11. The molecule has 0 aliphatic rings. The van der Waals surface area contributed by atoms with Crippen LogP contribution >= 0.6 is 0 Å². The number of hydrogen-bond donors (Lipinski definition) is 1. The summed E-state index contributed by atoms with van der Waals surface area (Å²) in [6, 6.07) is 0. The summed E-state index contributed by atoms with van der Waals surface area (Å²) in [7, 11) is 0. The molecule has 0 aliphatic carbocycles. The molecular weight excluding hydrogens is 188 g/mol. The van der Waals surface area contributed by atoms with Crippen molar-refractivity contribution in [3.05, 3.63) is 18.0 Å². The predicted octanol–water partition coefficient (Wildman–Crippen LogP) is 1.70. The van der Waals surface area contributed by atoms with Gasteiger partial charge in [0.25, 0.3) is 0 Å². The lowest BCUT2D eigenvalue weighted by atomic mass is 10.3. The van der Waals surface area contributed by atoms with Gasteiger partial charge in [-0.05, 0) is 32.0 Å². The molecule has 0 radical (unpaired) electrons. The lowest BCUT2D eigenvalue weighted by molar-refractivity contribution is 0.575. The van der Waals surface area contributed by atoms with Gasteiger partial charge in [0, 0.05) is 6.54 Å². The van der Waals surface area contributed by atoms with E-state index in [0.717, 1.165) is 38.2 Å². The van der Waals surface area contributed by atoms with E-state index < -0.39 is 0 Å². The number of aryl methyl sites for hydroxylation is 1. The van der Waals surface area contributed by atoms with Crippen LogP contribution in [0.25, 0.3) is 6.08 Å². The fourth-order valence-corrected chi connectivity index (χ4v) is 1.35. The molecule has 0 spiro atoms. The SMILES string of the molecule is CCCn1nncc1/C=C/CCNCC. The highest BCUT2D eigenvalue weighted by Gasteiger charge is 1.97. The molecule has 0 bridgehead atoms. The van der Waals surface area contributed by atoms with Crippen LogP contribution < -0.4 is 5.32 Å². The van der Waals surface area contributed by atoms with E-state index in [0.29, 0.717) is 0 Å². The smallest absolute Gasteiger partial charge is 0.0810 e. The summed E-state index contributed by atoms with van der Waals surface area (Å²) in [5.74, 6) is 0. The quantitative estimate of drug-likeness (QED) is 0.694. The van der Waals surface area contributed by atoms with Crippen LogP contribution in [0.5, 0.6) is 0 Å². The first-order chi connectivity index (χ1) is 7.38. The maximum atomic E-state index is 4.02. The summed E-state index contributed by atoms with van der Waals surface area (Å²) < 4.78 is 1.93. The minimum Gasteiger partial charge on any atom is -0.317 e. The van der Waals surface area contributed by atoms with Crippen molar-refractivity contribution in [1.29, 1.82) is 0 Å². The summed E-state index contributed by atoms with van der Waals surface area (Å²) >= 11 is 0. The fraction of sp³-hybridized carbons (Fsp3) is 0.636. The van der Waals surface area contributed by atoms with Gasteiger partial charge in [-0.15, -0.1) is 5.10 Å². The Morgan fingerprint density at radius 1 is 1.47 bits per heavy atom. The lowest BCUT2D eigenvalue weighted by Crippen LogP contribution is -2.12. The molecular formula is C11H20N4. The summed E-state index contributed by atoms with van der Waals surface area (Å²) in [6.07, 6.45) is 8.19. The lowest BCUT2D eigenvalue weighted by Gasteiger charge is -1.99. The maximum absolute atomic E-state index is 4.02. The monoisotopic (exact) mass is 208 g/mol. The van der Waals surface area contributed by atoms with Crippen LogP contribution in [-0.2, 0) is 6.54 Å². The van der Waals surface area contributed by atoms with Crippen LogP contribution in [0.15, 0.2) is 12.3 Å². The highest BCUT2D eigenvalue weighted by atomic mass is 15.4. The van der Waals surface area contributed by atoms with Crippen molar-refractivity contribution in [3.63, 3.8) is 0 Å². The molecule has 0 saturated carbocycles. The van der Waals surface area contributed by atoms with Gasteiger partial charge in [-0.1, -0.05) is 25.1 Å². The minimum atomic E-state index is 0.937. The Morgan fingerprint density at radius 3 is 3.07 bits per heavy atom. The Balaban J connectivity index is 2.38. The molecule has 1 rings (SSSR count). The Hall–Kier alpha value is -1.16. The second kappa shape index (κ2) is 7.17. The number of hydrogen-bond acceptors (Lipinski definition) is 3. The number of nitrogens with one attached hydrogen (secondary N) is 1. The van der Waals surface area contributed by atoms with Crippen LogP contribution in [0, 0.1) is 0 Å². The summed E-state index contributed by atoms with van der Waals surface area (Å²) in [5.41, 5.74) is 1.09. The van der Waals surface area contributed by atoms with E-state index in [1.807, 2.05) is 4.68 Å². The third kappa shape index (κ3) is 4.25. The molecule has 0 aliphatic heterocycles. The molecule has 0 saturated heterocycles. The first-order valence-corrected chi connectivity index (χ1v) is 5.64. The second-order valence-electron chi connectivity index (χ2n) is 3.43. The molecule has 4 heteroatoms. The molecule has 0 amide bonds. The summed E-state index contributed by atoms with van der Waals surface area (Å²) in [4.78, 5) is 0. The first kappa shape index (κ1) is 11.9. The Kier molecular flexibility index (Phi) is 5.70. The van der Waals surface area contributed by atoms with Gasteiger partial charge in [0.05, 0.1) is 11.9 Å². The van der Waals surface area contributed by atoms with E-state index in [1.54, 1.807) is 6.20 Å². The molecule has 0 aromatic carbocycles. The van der Waals surface area contributed by atoms with Crippen molar-refractivity contribution in [2.75, 3.05) is 13.1 Å². The molecule has 0 atom stereocenters. The molecule has 1 aromatic heterocycles. The van der Waals surface area contributed by atoms with E-state index >= 15 is 0 Å². The van der Waals surface area contributed by atoms with Crippen molar-refractivity contribution in [2.24, 2.45) is 0 Å². The summed E-state index contributed by atoms with van der Waals surface area (Å²) in [5, 5.41) is 11.2. The third-order valence-electron chi connectivity index (χ3n) is 2.11. The Morgan fingerprint density at radius 2 is 2.33 bits per heavy atom. The van der Waals surface area contributed by atoms with E-state index in [1.165, 1.54) is 0 Å². The molecule has 15 heavy (non-hydrogen) atoms. The number of aromatic nitrogens is 3. The number of nitrogens with zero attached hydrogens (tertiary/aromatic N) is 3. The first-order valence-electron chi connectivity index (χ1n) is 5.64. The zero-order valence-electron chi connectivity index (χ0n) is 9.61. The van der Waals surface area contributed by atoms with Crippen LogP contribution in [-0.4, -0.2) is 28.1 Å². The second-order valence-corrected chi connectivity index (χ2v) is 3.43. The summed E-state index contributed by atoms with van der Waals surface area (Å²) in [6.45, 7) is 7.25. The standard InChI is InChI=1S/C11H20N4/c1-3-9-15-11(10-13-14-15)7-5-6-8-12-4-2/h5,7,10,12H,3-4,6,8-9H2,1-2H3/b7-5+. The van der Waals surface area contributed by atoms with Gasteiger partial charge in [0.15, 0.2) is 0 Å². The van der Waals surface area contributed by atoms with E-state index in [9.17, 15) is 0 Å². The van der Waals surface area contributed by atoms with Crippen LogP contribution in [0.4, 0.5) is 0 Å². The van der Waals surface area contributed by atoms with Gasteiger partial charge in [0.2, 0.25) is 0 Å². The van der Waals surface area contributed by atoms with Crippen molar-refractivity contribution in [3.8, 4) is 0 Å². The van der Waals surface area contributed by atoms with Crippen LogP contribution in [0.1, 0.15) is 32.4 Å². The van der Waals surface area contributed by atoms with Gasteiger partial charge in [-0.2, -0.15) is 0 Å².